The summed E-state index contributed by atoms with van der Waals surface area (Å²) in [7, 11) is 1.10. The summed E-state index contributed by atoms with van der Waals surface area (Å²) < 4.78 is 4.72. The summed E-state index contributed by atoms with van der Waals surface area (Å²) in [5, 5.41) is 55.2. The minimum atomic E-state index is -1.40. The van der Waals surface area contributed by atoms with Crippen LogP contribution in [0.1, 0.15) is 78.0 Å². The Morgan fingerprint density at radius 1 is 0.868 bits per heavy atom. The summed E-state index contributed by atoms with van der Waals surface area (Å²) in [6, 6.07) is -3.07. The topological polar surface area (TPSA) is 372 Å². The Labute approximate surface area is 394 Å². The Hall–Kier alpha value is -6.82. The number of guanidine groups is 1. The monoisotopic (exact) mass is 957 g/mol. The van der Waals surface area contributed by atoms with Crippen LogP contribution < -0.4 is 43.0 Å². The number of hydrogen-bond donors (Lipinski definition) is 13. The van der Waals surface area contributed by atoms with Crippen molar-refractivity contribution >= 4 is 53.3 Å². The highest BCUT2D eigenvalue weighted by Gasteiger charge is 2.41. The van der Waals surface area contributed by atoms with Crippen LogP contribution in [0.2, 0.25) is 0 Å². The lowest BCUT2D eigenvalue weighted by atomic mass is 9.96. The highest BCUT2D eigenvalue weighted by molar-refractivity contribution is 5.98. The molecule has 14 N–H and O–H groups in total. The SMILES string of the molecule is CC[C@H](C)[C@H](NC(=O)[C@H](Cc1ccc(O)cc1)NC(=O)[C@@H](NC(=O)[C@H](CCCNC(=N)N)NC(=O)CO)C(C)C)C(=O)N[C@@H](Cc1c[nH]cn1)C(=O)N1CCC[C@H]1C(=O)N[C@H](C(=O)OC)[C@@H](C)O. The molecular formula is C44H68N12O12. The number of phenols is 1. The Kier molecular flexibility index (Phi) is 22.1. The van der Waals surface area contributed by atoms with Crippen molar-refractivity contribution < 1.29 is 58.4 Å². The number of aliphatic hydroxyl groups excluding tert-OH is 2. The van der Waals surface area contributed by atoms with Gasteiger partial charge in [-0.15, -0.1) is 0 Å². The van der Waals surface area contributed by atoms with E-state index in [0.29, 0.717) is 24.1 Å². The van der Waals surface area contributed by atoms with Gasteiger partial charge in [0.1, 0.15) is 48.6 Å². The first-order chi connectivity index (χ1) is 32.2. The summed E-state index contributed by atoms with van der Waals surface area (Å²) in [5.74, 6) is -7.69. The average molecular weight is 957 g/mol. The molecule has 9 atom stereocenters. The number of imidazole rings is 1. The number of hydrogen-bond acceptors (Lipinski definition) is 14. The van der Waals surface area contributed by atoms with Crippen LogP contribution >= 0.6 is 0 Å². The largest absolute Gasteiger partial charge is 0.508 e. The third-order valence-electron chi connectivity index (χ3n) is 11.5. The number of phenolic OH excluding ortho intramolecular Hbond substituents is 1. The minimum absolute atomic E-state index is 0.0404. The van der Waals surface area contributed by atoms with Gasteiger partial charge in [-0.1, -0.05) is 46.2 Å². The standard InChI is InChI=1S/C44H68N12O12/c1-7-24(4)35(41(65)52-31(19-27-20-47-22-49-27)42(66)56-17-9-11-32(56)39(63)55-36(25(5)58)43(67)68-6)54-38(62)30(18-26-12-14-28(59)15-13-26)51-40(64)34(23(2)3)53-37(61)29(50-33(60)21-57)10-8-16-48-44(45)46/h12-15,20,22-25,29-32,34-36,57-59H,7-11,16-19,21H2,1-6H3,(H,47,49)(H,50,60)(H,51,64)(H,52,65)(H,53,61)(H,54,62)(H,55,63)(H4,45,46,48)/t24-,25+,29-,30-,31-,32-,34-,35-,36-/m0/s1. The molecule has 24 heteroatoms. The van der Waals surface area contributed by atoms with Crippen molar-refractivity contribution in [3.8, 4) is 5.75 Å². The predicted molar refractivity (Wildman–Crippen MR) is 245 cm³/mol. The Bertz CT molecular complexity index is 2030. The number of benzene rings is 1. The number of aromatic nitrogens is 2. The van der Waals surface area contributed by atoms with Crippen molar-refractivity contribution in [2.75, 3.05) is 26.8 Å². The number of aromatic amines is 1. The van der Waals surface area contributed by atoms with Gasteiger partial charge in [0.15, 0.2) is 12.0 Å². The van der Waals surface area contributed by atoms with Gasteiger partial charge in [-0.2, -0.15) is 0 Å². The Balaban J connectivity index is 1.92. The lowest BCUT2D eigenvalue weighted by Gasteiger charge is -2.32. The second-order valence-corrected chi connectivity index (χ2v) is 17.1. The van der Waals surface area contributed by atoms with Gasteiger partial charge < -0.3 is 72.9 Å². The van der Waals surface area contributed by atoms with E-state index in [0.717, 1.165) is 7.11 Å². The van der Waals surface area contributed by atoms with Crippen LogP contribution in [0.5, 0.6) is 5.75 Å². The lowest BCUT2D eigenvalue weighted by molar-refractivity contribution is -0.149. The number of H-pyrrole nitrogens is 1. The van der Waals surface area contributed by atoms with Crippen LogP contribution in [0, 0.1) is 17.2 Å². The highest BCUT2D eigenvalue weighted by atomic mass is 16.5. The Morgan fingerprint density at radius 2 is 1.50 bits per heavy atom. The van der Waals surface area contributed by atoms with Gasteiger partial charge in [-0.05, 0) is 62.1 Å². The van der Waals surface area contributed by atoms with E-state index in [2.05, 4.69) is 47.2 Å². The predicted octanol–water partition coefficient (Wildman–Crippen LogP) is -2.69. The number of carbonyl (C=O) groups excluding carboxylic acids is 8. The molecule has 0 unspecified atom stereocenters. The highest BCUT2D eigenvalue weighted by Crippen LogP contribution is 2.21. The van der Waals surface area contributed by atoms with E-state index in [1.807, 2.05) is 0 Å². The maximum atomic E-state index is 14.4. The fourth-order valence-electron chi connectivity index (χ4n) is 7.45. The van der Waals surface area contributed by atoms with Crippen molar-refractivity contribution in [3.05, 3.63) is 48.0 Å². The van der Waals surface area contributed by atoms with E-state index >= 15 is 0 Å². The van der Waals surface area contributed by atoms with Gasteiger partial charge in [0, 0.05) is 32.1 Å². The third kappa shape index (κ3) is 16.8. The molecule has 1 aliphatic heterocycles. The fraction of sp³-hybridized carbons (Fsp3) is 0.591. The zero-order chi connectivity index (χ0) is 50.7. The average Bonchev–Trinajstić information content (AvgIpc) is 4.02. The molecule has 376 valence electrons. The molecule has 68 heavy (non-hydrogen) atoms. The molecule has 2 aromatic rings. The molecule has 1 aromatic heterocycles. The molecule has 1 saturated heterocycles. The van der Waals surface area contributed by atoms with Gasteiger partial charge in [0.05, 0.1) is 25.2 Å². The van der Waals surface area contributed by atoms with Gasteiger partial charge >= 0.3 is 5.97 Å². The van der Waals surface area contributed by atoms with E-state index in [9.17, 15) is 53.7 Å². The number of carbonyl (C=O) groups is 8. The Morgan fingerprint density at radius 3 is 2.07 bits per heavy atom. The summed E-state index contributed by atoms with van der Waals surface area (Å²) in [6.07, 6.45) is 2.63. The molecule has 1 fully saturated rings. The van der Waals surface area contributed by atoms with Crippen molar-refractivity contribution in [1.82, 2.24) is 52.1 Å². The van der Waals surface area contributed by atoms with E-state index in [1.54, 1.807) is 27.7 Å². The van der Waals surface area contributed by atoms with E-state index in [-0.39, 0.29) is 56.9 Å². The molecular weight excluding hydrogens is 889 g/mol. The zero-order valence-electron chi connectivity index (χ0n) is 39.3. The molecule has 2 heterocycles. The second-order valence-electron chi connectivity index (χ2n) is 17.1. The molecule has 0 spiro atoms. The minimum Gasteiger partial charge on any atom is -0.508 e. The fourth-order valence-corrected chi connectivity index (χ4v) is 7.45. The first kappa shape index (κ1) is 55.5. The smallest absolute Gasteiger partial charge is 0.331 e. The molecule has 3 rings (SSSR count). The van der Waals surface area contributed by atoms with Gasteiger partial charge in [0.25, 0.3) is 0 Å². The zero-order valence-corrected chi connectivity index (χ0v) is 39.3. The lowest BCUT2D eigenvalue weighted by Crippen LogP contribution is -2.62. The van der Waals surface area contributed by atoms with Crippen LogP contribution in [-0.4, -0.2) is 159 Å². The second kappa shape index (κ2) is 27.1. The quantitative estimate of drug-likeness (QED) is 0.0198. The number of methoxy groups -OCH3 is 1. The number of aliphatic hydroxyl groups is 2. The van der Waals surface area contributed by atoms with Gasteiger partial charge in [-0.25, -0.2) is 9.78 Å². The number of amides is 7. The van der Waals surface area contributed by atoms with Crippen LogP contribution in [0.3, 0.4) is 0 Å². The molecule has 1 aliphatic rings. The number of likely N-dealkylation sites (tertiary alicyclic amines) is 1. The summed E-state index contributed by atoms with van der Waals surface area (Å²) in [5.41, 5.74) is 6.23. The molecule has 1 aromatic carbocycles. The normalized spacial score (nSPS) is 16.9. The number of nitrogens with one attached hydrogen (secondary N) is 9. The molecule has 0 bridgehead atoms. The van der Waals surface area contributed by atoms with Gasteiger partial charge in [-0.3, -0.25) is 39.0 Å². The third-order valence-corrected chi connectivity index (χ3v) is 11.5. The number of esters is 1. The maximum Gasteiger partial charge on any atom is 0.331 e. The van der Waals surface area contributed by atoms with Crippen LogP contribution in [0.25, 0.3) is 0 Å². The first-order valence-electron chi connectivity index (χ1n) is 22.5. The molecule has 0 radical (unpaired) electrons. The van der Waals surface area contributed by atoms with Crippen LogP contribution in [0.15, 0.2) is 36.8 Å². The van der Waals surface area contributed by atoms with Crippen LogP contribution in [0.4, 0.5) is 0 Å². The number of rotatable bonds is 26. The molecule has 7 amide bonds. The molecule has 24 nitrogen and oxygen atoms in total. The number of nitrogens with two attached hydrogens (primary N) is 1. The number of aromatic hydroxyl groups is 1. The molecule has 0 saturated carbocycles. The van der Waals surface area contributed by atoms with Crippen molar-refractivity contribution in [2.24, 2.45) is 17.6 Å². The van der Waals surface area contributed by atoms with Crippen molar-refractivity contribution in [1.29, 1.82) is 5.41 Å². The number of nitrogens with zero attached hydrogens (tertiary/aromatic N) is 2. The van der Waals surface area contributed by atoms with E-state index < -0.39 is 114 Å². The van der Waals surface area contributed by atoms with Gasteiger partial charge in [0.2, 0.25) is 41.4 Å². The first-order valence-corrected chi connectivity index (χ1v) is 22.5. The summed E-state index contributed by atoms with van der Waals surface area (Å²) >= 11 is 0. The maximum absolute atomic E-state index is 14.4. The van der Waals surface area contributed by atoms with Crippen molar-refractivity contribution in [2.45, 2.75) is 128 Å². The van der Waals surface area contributed by atoms with Crippen molar-refractivity contribution in [3.63, 3.8) is 0 Å². The summed E-state index contributed by atoms with van der Waals surface area (Å²) in [4.78, 5) is 117. The van der Waals surface area contributed by atoms with E-state index in [1.165, 1.54) is 48.6 Å². The van der Waals surface area contributed by atoms with Crippen LogP contribution in [-0.2, 0) is 55.9 Å². The summed E-state index contributed by atoms with van der Waals surface area (Å²) in [6.45, 7) is 7.49. The van der Waals surface area contributed by atoms with E-state index in [4.69, 9.17) is 15.9 Å². The number of ether oxygens (including phenoxy) is 1. The molecule has 0 aliphatic carbocycles.